The van der Waals surface area contributed by atoms with Crippen molar-refractivity contribution in [3.05, 3.63) is 54.0 Å². The second-order valence-electron chi connectivity index (χ2n) is 7.05. The molecule has 2 heterocycles. The van der Waals surface area contributed by atoms with Crippen LogP contribution >= 0.6 is 11.8 Å². The van der Waals surface area contributed by atoms with Gasteiger partial charge in [0.05, 0.1) is 18.6 Å². The van der Waals surface area contributed by atoms with E-state index in [2.05, 4.69) is 43.1 Å². The Morgan fingerprint density at radius 2 is 1.92 bits per heavy atom. The molecule has 2 aromatic heterocycles. The lowest BCUT2D eigenvalue weighted by molar-refractivity contribution is -0.115. The van der Waals surface area contributed by atoms with Crippen LogP contribution in [0.3, 0.4) is 0 Å². The highest BCUT2D eigenvalue weighted by Gasteiger charge is 2.18. The number of thioether (sulfide) groups is 1. The second-order valence-corrected chi connectivity index (χ2v) is 8.00. The molecule has 6 nitrogen and oxygen atoms in total. The number of carbonyl (C=O) groups excluding carboxylic acids is 1. The van der Waals surface area contributed by atoms with Crippen molar-refractivity contribution in [2.24, 2.45) is 5.73 Å². The van der Waals surface area contributed by atoms with Crippen LogP contribution in [-0.2, 0) is 16.8 Å². The van der Waals surface area contributed by atoms with Crippen LogP contribution in [-0.4, -0.2) is 26.4 Å². The fraction of sp³-hybridized carbons (Fsp3) is 0.316. The molecule has 0 aliphatic heterocycles. The maximum absolute atomic E-state index is 11.1. The zero-order valence-corrected chi connectivity index (χ0v) is 15.9. The van der Waals surface area contributed by atoms with E-state index in [0.29, 0.717) is 11.7 Å². The molecule has 3 rings (SSSR count). The zero-order valence-electron chi connectivity index (χ0n) is 15.1. The van der Waals surface area contributed by atoms with E-state index in [1.54, 1.807) is 6.26 Å². The number of aromatic nitrogens is 3. The van der Waals surface area contributed by atoms with Crippen LogP contribution in [0.2, 0.25) is 0 Å². The Kier molecular flexibility index (Phi) is 5.18. The van der Waals surface area contributed by atoms with E-state index in [-0.39, 0.29) is 11.2 Å². The third-order valence-corrected chi connectivity index (χ3v) is 4.95. The normalized spacial score (nSPS) is 11.7. The van der Waals surface area contributed by atoms with Crippen LogP contribution < -0.4 is 5.73 Å². The van der Waals surface area contributed by atoms with Crippen molar-refractivity contribution in [3.8, 4) is 11.4 Å². The maximum atomic E-state index is 11.1. The van der Waals surface area contributed by atoms with E-state index < -0.39 is 5.91 Å². The lowest BCUT2D eigenvalue weighted by Crippen LogP contribution is -2.14. The van der Waals surface area contributed by atoms with Gasteiger partial charge in [0.25, 0.3) is 0 Å². The van der Waals surface area contributed by atoms with Gasteiger partial charge >= 0.3 is 0 Å². The van der Waals surface area contributed by atoms with Gasteiger partial charge in [-0.25, -0.2) is 0 Å². The Morgan fingerprint density at radius 1 is 1.19 bits per heavy atom. The number of amides is 1. The molecular formula is C19H22N4O2S. The van der Waals surface area contributed by atoms with Crippen LogP contribution in [0.5, 0.6) is 0 Å². The minimum absolute atomic E-state index is 0.0862. The number of furan rings is 1. The molecule has 0 radical (unpaired) electrons. The molecule has 3 aromatic rings. The summed E-state index contributed by atoms with van der Waals surface area (Å²) in [6, 6.07) is 12.1. The number of carbonyl (C=O) groups is 1. The second kappa shape index (κ2) is 7.37. The van der Waals surface area contributed by atoms with E-state index in [4.69, 9.17) is 10.2 Å². The Hall–Kier alpha value is -2.54. The van der Waals surface area contributed by atoms with Gasteiger partial charge in [-0.2, -0.15) is 0 Å². The number of nitrogens with zero attached hydrogens (tertiary/aromatic N) is 3. The van der Waals surface area contributed by atoms with E-state index in [1.165, 1.54) is 17.3 Å². The van der Waals surface area contributed by atoms with Crippen molar-refractivity contribution in [1.82, 2.24) is 14.8 Å². The van der Waals surface area contributed by atoms with Crippen LogP contribution in [0.4, 0.5) is 0 Å². The molecule has 0 bridgehead atoms. The monoisotopic (exact) mass is 370 g/mol. The van der Waals surface area contributed by atoms with E-state index in [0.717, 1.165) is 17.1 Å². The van der Waals surface area contributed by atoms with Gasteiger partial charge in [0.1, 0.15) is 5.76 Å². The van der Waals surface area contributed by atoms with Crippen LogP contribution in [0, 0.1) is 0 Å². The minimum Gasteiger partial charge on any atom is -0.467 e. The van der Waals surface area contributed by atoms with Gasteiger partial charge in [-0.1, -0.05) is 56.8 Å². The molecule has 0 aliphatic carbocycles. The topological polar surface area (TPSA) is 86.9 Å². The molecule has 7 heteroatoms. The van der Waals surface area contributed by atoms with Crippen molar-refractivity contribution >= 4 is 17.7 Å². The third-order valence-electron chi connectivity index (χ3n) is 3.96. The molecule has 0 saturated carbocycles. The SMILES string of the molecule is CC(C)(C)c1ccc(-c2nnc(SCC(N)=O)n2Cc2ccco2)cc1. The zero-order chi connectivity index (χ0) is 18.7. The van der Waals surface area contributed by atoms with E-state index in [9.17, 15) is 4.79 Å². The average molecular weight is 370 g/mol. The maximum Gasteiger partial charge on any atom is 0.227 e. The molecule has 0 fully saturated rings. The first-order chi connectivity index (χ1) is 12.3. The van der Waals surface area contributed by atoms with Gasteiger partial charge in [-0.3, -0.25) is 9.36 Å². The summed E-state index contributed by atoms with van der Waals surface area (Å²) >= 11 is 1.27. The summed E-state index contributed by atoms with van der Waals surface area (Å²) in [6.45, 7) is 7.03. The number of rotatable bonds is 6. The van der Waals surface area contributed by atoms with Gasteiger partial charge in [0.2, 0.25) is 5.91 Å². The van der Waals surface area contributed by atoms with Gasteiger partial charge in [0, 0.05) is 5.56 Å². The highest BCUT2D eigenvalue weighted by atomic mass is 32.2. The molecular weight excluding hydrogens is 348 g/mol. The van der Waals surface area contributed by atoms with E-state index >= 15 is 0 Å². The Balaban J connectivity index is 1.96. The summed E-state index contributed by atoms with van der Waals surface area (Å²) in [5.74, 6) is 1.28. The first-order valence-corrected chi connectivity index (χ1v) is 9.31. The molecule has 1 amide bonds. The summed E-state index contributed by atoms with van der Waals surface area (Å²) in [4.78, 5) is 11.1. The Bertz CT molecular complexity index is 877. The lowest BCUT2D eigenvalue weighted by Gasteiger charge is -2.19. The molecule has 1 aromatic carbocycles. The van der Waals surface area contributed by atoms with Crippen LogP contribution in [0.1, 0.15) is 32.1 Å². The van der Waals surface area contributed by atoms with E-state index in [1.807, 2.05) is 28.8 Å². The predicted molar refractivity (Wildman–Crippen MR) is 102 cm³/mol. The summed E-state index contributed by atoms with van der Waals surface area (Å²) in [5, 5.41) is 9.21. The van der Waals surface area contributed by atoms with Gasteiger partial charge in [0.15, 0.2) is 11.0 Å². The predicted octanol–water partition coefficient (Wildman–Crippen LogP) is 3.46. The number of nitrogens with two attached hydrogens (primary N) is 1. The number of hydrogen-bond acceptors (Lipinski definition) is 5. The van der Waals surface area contributed by atoms with Crippen molar-refractivity contribution in [3.63, 3.8) is 0 Å². The van der Waals surface area contributed by atoms with Crippen LogP contribution in [0.15, 0.2) is 52.2 Å². The first-order valence-electron chi connectivity index (χ1n) is 8.32. The summed E-state index contributed by atoms with van der Waals surface area (Å²) in [6.07, 6.45) is 1.63. The summed E-state index contributed by atoms with van der Waals surface area (Å²) in [5.41, 5.74) is 7.56. The minimum atomic E-state index is -0.390. The van der Waals surface area contributed by atoms with Gasteiger partial charge < -0.3 is 10.2 Å². The Labute approximate surface area is 156 Å². The molecule has 0 saturated heterocycles. The molecule has 0 atom stereocenters. The molecule has 0 spiro atoms. The summed E-state index contributed by atoms with van der Waals surface area (Å²) in [7, 11) is 0. The number of benzene rings is 1. The lowest BCUT2D eigenvalue weighted by atomic mass is 9.87. The highest BCUT2D eigenvalue weighted by Crippen LogP contribution is 2.28. The number of primary amides is 1. The molecule has 0 aliphatic rings. The fourth-order valence-electron chi connectivity index (χ4n) is 2.56. The van der Waals surface area contributed by atoms with Crippen molar-refractivity contribution in [2.45, 2.75) is 37.9 Å². The molecule has 136 valence electrons. The first kappa shape index (κ1) is 18.3. The average Bonchev–Trinajstić information content (AvgIpc) is 3.23. The molecule has 0 unspecified atom stereocenters. The van der Waals surface area contributed by atoms with Crippen LogP contribution in [0.25, 0.3) is 11.4 Å². The standard InChI is InChI=1S/C19H22N4O2S/c1-19(2,3)14-8-6-13(7-9-14)17-21-22-18(26-12-16(20)24)23(17)11-15-5-4-10-25-15/h4-10H,11-12H2,1-3H3,(H2,20,24). The molecule has 26 heavy (non-hydrogen) atoms. The summed E-state index contributed by atoms with van der Waals surface area (Å²) < 4.78 is 7.41. The quantitative estimate of drug-likeness (QED) is 0.672. The van der Waals surface area contributed by atoms with Crippen molar-refractivity contribution < 1.29 is 9.21 Å². The molecule has 2 N–H and O–H groups in total. The van der Waals surface area contributed by atoms with Crippen molar-refractivity contribution in [2.75, 3.05) is 5.75 Å². The number of hydrogen-bond donors (Lipinski definition) is 1. The smallest absolute Gasteiger partial charge is 0.227 e. The van der Waals surface area contributed by atoms with Gasteiger partial charge in [-0.05, 0) is 23.1 Å². The largest absolute Gasteiger partial charge is 0.467 e. The fourth-order valence-corrected chi connectivity index (χ4v) is 3.24. The third kappa shape index (κ3) is 4.16. The Morgan fingerprint density at radius 3 is 2.50 bits per heavy atom. The highest BCUT2D eigenvalue weighted by molar-refractivity contribution is 7.99. The van der Waals surface area contributed by atoms with Crippen molar-refractivity contribution in [1.29, 1.82) is 0 Å². The van der Waals surface area contributed by atoms with Gasteiger partial charge in [-0.15, -0.1) is 10.2 Å².